The summed E-state index contributed by atoms with van der Waals surface area (Å²) in [7, 11) is 2.08. The number of nitrogens with zero attached hydrogens (tertiary/aromatic N) is 2. The zero-order chi connectivity index (χ0) is 11.0. The van der Waals surface area contributed by atoms with Crippen LogP contribution in [-0.2, 0) is 19.5 Å². The minimum atomic E-state index is 0.187. The van der Waals surface area contributed by atoms with Gasteiger partial charge in [0.1, 0.15) is 0 Å². The quantitative estimate of drug-likeness (QED) is 0.783. The molecule has 4 heteroatoms. The number of H-pyrrole nitrogens is 1. The fourth-order valence-electron chi connectivity index (χ4n) is 2.11. The Labute approximate surface area is 89.9 Å². The molecular weight excluding hydrogens is 190 g/mol. The van der Waals surface area contributed by atoms with E-state index in [1.165, 1.54) is 0 Å². The highest BCUT2D eigenvalue weighted by molar-refractivity contribution is 5.20. The summed E-state index contributed by atoms with van der Waals surface area (Å²) in [5.74, 6) is 0.500. The van der Waals surface area contributed by atoms with Crippen LogP contribution < -0.4 is 5.56 Å². The van der Waals surface area contributed by atoms with E-state index in [9.17, 15) is 4.79 Å². The van der Waals surface area contributed by atoms with Crippen LogP contribution in [0.25, 0.3) is 0 Å². The first-order valence-electron chi connectivity index (χ1n) is 5.57. The molecule has 0 atom stereocenters. The molecule has 0 fully saturated rings. The molecule has 0 amide bonds. The molecule has 1 N–H and O–H groups in total. The van der Waals surface area contributed by atoms with Crippen LogP contribution in [0.15, 0.2) is 4.79 Å². The molecule has 1 aromatic heterocycles. The van der Waals surface area contributed by atoms with Gasteiger partial charge in [-0.3, -0.25) is 14.6 Å². The van der Waals surface area contributed by atoms with Crippen LogP contribution in [0, 0.1) is 5.92 Å². The van der Waals surface area contributed by atoms with E-state index < -0.39 is 0 Å². The normalized spacial score (nSPS) is 17.1. The first-order chi connectivity index (χ1) is 7.08. The number of hydrogen-bond acceptors (Lipinski definition) is 2. The SMILES string of the molecule is CC(C)Cn1[nH]c2c(c1=O)CCN(C)C2. The van der Waals surface area contributed by atoms with Crippen LogP contribution in [0.4, 0.5) is 0 Å². The van der Waals surface area contributed by atoms with E-state index >= 15 is 0 Å². The Morgan fingerprint density at radius 3 is 2.87 bits per heavy atom. The third-order valence-electron chi connectivity index (χ3n) is 2.86. The van der Waals surface area contributed by atoms with Gasteiger partial charge in [-0.25, -0.2) is 0 Å². The summed E-state index contributed by atoms with van der Waals surface area (Å²) in [6.45, 7) is 6.89. The fourth-order valence-corrected chi connectivity index (χ4v) is 2.11. The summed E-state index contributed by atoms with van der Waals surface area (Å²) in [5, 5.41) is 3.23. The minimum absolute atomic E-state index is 0.187. The Morgan fingerprint density at radius 1 is 1.47 bits per heavy atom. The van der Waals surface area contributed by atoms with Crippen molar-refractivity contribution in [1.29, 1.82) is 0 Å². The van der Waals surface area contributed by atoms with Crippen molar-refractivity contribution in [1.82, 2.24) is 14.7 Å². The first kappa shape index (κ1) is 10.5. The molecule has 0 aliphatic carbocycles. The van der Waals surface area contributed by atoms with E-state index in [0.717, 1.165) is 37.3 Å². The highest BCUT2D eigenvalue weighted by atomic mass is 16.1. The molecule has 1 aliphatic heterocycles. The van der Waals surface area contributed by atoms with Crippen molar-refractivity contribution in [2.24, 2.45) is 5.92 Å². The second kappa shape index (κ2) is 3.85. The van der Waals surface area contributed by atoms with Crippen LogP contribution in [0.3, 0.4) is 0 Å². The molecule has 0 unspecified atom stereocenters. The lowest BCUT2D eigenvalue weighted by atomic mass is 10.1. The van der Waals surface area contributed by atoms with Crippen molar-refractivity contribution >= 4 is 0 Å². The molecule has 4 nitrogen and oxygen atoms in total. The third-order valence-corrected chi connectivity index (χ3v) is 2.86. The lowest BCUT2D eigenvalue weighted by molar-refractivity contribution is 0.307. The predicted octanol–water partition coefficient (Wildman–Crippen LogP) is 0.820. The van der Waals surface area contributed by atoms with E-state index in [4.69, 9.17) is 0 Å². The molecule has 0 saturated heterocycles. The molecule has 0 spiro atoms. The molecule has 84 valence electrons. The smallest absolute Gasteiger partial charge is 0.270 e. The first-order valence-corrected chi connectivity index (χ1v) is 5.57. The number of likely N-dealkylation sites (N-methyl/N-ethyl adjacent to an activating group) is 1. The maximum atomic E-state index is 12.0. The Hall–Kier alpha value is -1.03. The Morgan fingerprint density at radius 2 is 2.20 bits per heavy atom. The van der Waals surface area contributed by atoms with Gasteiger partial charge in [0.15, 0.2) is 0 Å². The minimum Gasteiger partial charge on any atom is -0.300 e. The summed E-state index contributed by atoms with van der Waals surface area (Å²) in [4.78, 5) is 14.2. The summed E-state index contributed by atoms with van der Waals surface area (Å²) in [6.07, 6.45) is 0.881. The lowest BCUT2D eigenvalue weighted by Gasteiger charge is -2.20. The maximum Gasteiger partial charge on any atom is 0.270 e. The molecule has 2 rings (SSSR count). The number of aromatic nitrogens is 2. The predicted molar refractivity (Wildman–Crippen MR) is 59.9 cm³/mol. The van der Waals surface area contributed by atoms with Gasteiger partial charge in [-0.2, -0.15) is 0 Å². The Kier molecular flexibility index (Phi) is 2.69. The number of aromatic amines is 1. The van der Waals surface area contributed by atoms with E-state index in [0.29, 0.717) is 5.92 Å². The molecule has 1 aromatic rings. The molecule has 0 aromatic carbocycles. The summed E-state index contributed by atoms with van der Waals surface area (Å²) >= 11 is 0. The molecule has 15 heavy (non-hydrogen) atoms. The van der Waals surface area contributed by atoms with E-state index in [1.807, 2.05) is 0 Å². The van der Waals surface area contributed by atoms with Gasteiger partial charge < -0.3 is 4.90 Å². The summed E-state index contributed by atoms with van der Waals surface area (Å²) < 4.78 is 1.76. The Bertz CT molecular complexity index is 402. The van der Waals surface area contributed by atoms with Gasteiger partial charge in [-0.05, 0) is 19.4 Å². The summed E-state index contributed by atoms with van der Waals surface area (Å²) in [6, 6.07) is 0. The second-order valence-electron chi connectivity index (χ2n) is 4.87. The lowest BCUT2D eigenvalue weighted by Crippen LogP contribution is -2.29. The zero-order valence-corrected chi connectivity index (χ0v) is 9.71. The van der Waals surface area contributed by atoms with Crippen LogP contribution in [-0.4, -0.2) is 28.3 Å². The number of nitrogens with one attached hydrogen (secondary N) is 1. The van der Waals surface area contributed by atoms with Crippen molar-refractivity contribution in [2.45, 2.75) is 33.4 Å². The van der Waals surface area contributed by atoms with Crippen molar-refractivity contribution < 1.29 is 0 Å². The third kappa shape index (κ3) is 2.00. The van der Waals surface area contributed by atoms with Crippen molar-refractivity contribution in [3.8, 4) is 0 Å². The van der Waals surface area contributed by atoms with E-state index in [2.05, 4.69) is 30.9 Å². The number of fused-ring (bicyclic) bond motifs is 1. The molecule has 2 heterocycles. The van der Waals surface area contributed by atoms with Crippen LogP contribution in [0.1, 0.15) is 25.1 Å². The maximum absolute atomic E-state index is 12.0. The van der Waals surface area contributed by atoms with Gasteiger partial charge in [-0.1, -0.05) is 13.8 Å². The number of rotatable bonds is 2. The van der Waals surface area contributed by atoms with Crippen molar-refractivity contribution in [3.63, 3.8) is 0 Å². The molecular formula is C11H19N3O. The Balaban J connectivity index is 2.32. The van der Waals surface area contributed by atoms with Crippen LogP contribution >= 0.6 is 0 Å². The molecule has 0 saturated carbocycles. The molecule has 0 radical (unpaired) electrons. The molecule has 0 bridgehead atoms. The van der Waals surface area contributed by atoms with E-state index in [-0.39, 0.29) is 5.56 Å². The van der Waals surface area contributed by atoms with E-state index in [1.54, 1.807) is 4.68 Å². The van der Waals surface area contributed by atoms with Crippen LogP contribution in [0.2, 0.25) is 0 Å². The van der Waals surface area contributed by atoms with Gasteiger partial charge in [0.2, 0.25) is 0 Å². The average molecular weight is 209 g/mol. The van der Waals surface area contributed by atoms with Crippen molar-refractivity contribution in [2.75, 3.05) is 13.6 Å². The van der Waals surface area contributed by atoms with Gasteiger partial charge in [0.25, 0.3) is 5.56 Å². The van der Waals surface area contributed by atoms with Gasteiger partial charge in [-0.15, -0.1) is 0 Å². The van der Waals surface area contributed by atoms with Crippen LogP contribution in [0.5, 0.6) is 0 Å². The highest BCUT2D eigenvalue weighted by Gasteiger charge is 2.20. The topological polar surface area (TPSA) is 41.0 Å². The van der Waals surface area contributed by atoms with Gasteiger partial charge in [0.05, 0.1) is 5.69 Å². The second-order valence-corrected chi connectivity index (χ2v) is 4.87. The van der Waals surface area contributed by atoms with Crippen molar-refractivity contribution in [3.05, 3.63) is 21.6 Å². The highest BCUT2D eigenvalue weighted by Crippen LogP contribution is 2.12. The monoisotopic (exact) mass is 209 g/mol. The standard InChI is InChI=1S/C11H19N3O/c1-8(2)6-14-11(15)9-4-5-13(3)7-10(9)12-14/h8,12H,4-7H2,1-3H3. The number of hydrogen-bond donors (Lipinski definition) is 1. The zero-order valence-electron chi connectivity index (χ0n) is 9.71. The summed E-state index contributed by atoms with van der Waals surface area (Å²) in [5.41, 5.74) is 2.29. The van der Waals surface area contributed by atoms with Gasteiger partial charge >= 0.3 is 0 Å². The molecule has 1 aliphatic rings. The fraction of sp³-hybridized carbons (Fsp3) is 0.727. The van der Waals surface area contributed by atoms with Gasteiger partial charge in [0, 0.05) is 25.2 Å². The largest absolute Gasteiger partial charge is 0.300 e. The average Bonchev–Trinajstić information content (AvgIpc) is 2.42.